The average Bonchev–Trinajstić information content (AvgIpc) is 3.32. The van der Waals surface area contributed by atoms with Crippen LogP contribution in [0.3, 0.4) is 0 Å². The summed E-state index contributed by atoms with van der Waals surface area (Å²) < 4.78 is 0. The van der Waals surface area contributed by atoms with E-state index in [9.17, 15) is 4.79 Å². The minimum Gasteiger partial charge on any atom is -0.314 e. The van der Waals surface area contributed by atoms with Crippen LogP contribution in [0.25, 0.3) is 0 Å². The van der Waals surface area contributed by atoms with Crippen LogP contribution >= 0.6 is 0 Å². The van der Waals surface area contributed by atoms with Gasteiger partial charge in [-0.1, -0.05) is 122 Å². The van der Waals surface area contributed by atoms with Crippen molar-refractivity contribution in [2.24, 2.45) is 0 Å². The van der Waals surface area contributed by atoms with Crippen LogP contribution < -0.4 is 9.80 Å². The van der Waals surface area contributed by atoms with Gasteiger partial charge in [0.15, 0.2) is 0 Å². The number of rotatable bonds is 8. The normalized spacial score (nSPS) is 13.9. The van der Waals surface area contributed by atoms with Crippen LogP contribution in [0.5, 0.6) is 0 Å². The number of benzene rings is 3. The molecule has 0 aliphatic carbocycles. The van der Waals surface area contributed by atoms with Crippen molar-refractivity contribution in [3.05, 3.63) is 113 Å². The van der Waals surface area contributed by atoms with E-state index in [1.165, 1.54) is 22.3 Å². The van der Waals surface area contributed by atoms with Crippen molar-refractivity contribution in [3.63, 3.8) is 0 Å². The quantitative estimate of drug-likeness (QED) is 0.293. The van der Waals surface area contributed by atoms with Gasteiger partial charge in [0.1, 0.15) is 5.70 Å². The van der Waals surface area contributed by atoms with E-state index in [1.807, 2.05) is 41.4 Å². The monoisotopic (exact) mass is 492 g/mol. The molecule has 0 spiro atoms. The molecule has 0 atom stereocenters. The molecule has 2 radical (unpaired) electrons. The van der Waals surface area contributed by atoms with E-state index in [1.54, 1.807) is 0 Å². The molecule has 1 aliphatic rings. The van der Waals surface area contributed by atoms with E-state index in [4.69, 9.17) is 0 Å². The summed E-state index contributed by atoms with van der Waals surface area (Å²) in [4.78, 5) is 18.1. The minimum atomic E-state index is -0.00279. The standard InChI is InChI=1S/C34H40N2O/c1-22(2)27-16-12-17-28(23(3)4)32(27)35-20-31(34(37)26-14-10-9-11-15-26)36(21-35)33-29(24(5)6)18-13-19-30(33)25(7)8/h9-20,22-25H,1-8H3. The SMILES string of the molecule is CC(C)c1cccc(C(C)C)c1N1[C]N(c2c(C(C)C)cccc2C(C)C)C(C(=O)c2ccccc2)=C1. The zero-order valence-corrected chi connectivity index (χ0v) is 23.5. The van der Waals surface area contributed by atoms with Crippen molar-refractivity contribution >= 4 is 17.2 Å². The molecule has 3 heteroatoms. The van der Waals surface area contributed by atoms with Crippen molar-refractivity contribution in [3.8, 4) is 0 Å². The van der Waals surface area contributed by atoms with Crippen LogP contribution in [-0.2, 0) is 0 Å². The maximum absolute atomic E-state index is 14.0. The van der Waals surface area contributed by atoms with E-state index in [0.717, 1.165) is 11.4 Å². The maximum Gasteiger partial charge on any atom is 0.218 e. The highest BCUT2D eigenvalue weighted by molar-refractivity contribution is 6.12. The first-order valence-electron chi connectivity index (χ1n) is 13.5. The molecule has 4 rings (SSSR count). The third-order valence-corrected chi connectivity index (χ3v) is 7.12. The molecule has 3 nitrogen and oxygen atoms in total. The fourth-order valence-electron chi connectivity index (χ4n) is 5.11. The van der Waals surface area contributed by atoms with Gasteiger partial charge in [0.05, 0.1) is 11.4 Å². The molecular formula is C34H40N2O. The molecular weight excluding hydrogens is 452 g/mol. The molecule has 0 aromatic heterocycles. The number of Topliss-reactive ketones (excluding diaryl/α,β-unsaturated/α-hetero) is 1. The number of allylic oxidation sites excluding steroid dienone is 1. The Labute approximate surface area is 223 Å². The van der Waals surface area contributed by atoms with Crippen molar-refractivity contribution < 1.29 is 4.79 Å². The Morgan fingerprint density at radius 2 is 1.03 bits per heavy atom. The molecule has 0 amide bonds. The lowest BCUT2D eigenvalue weighted by atomic mass is 9.91. The van der Waals surface area contributed by atoms with Gasteiger partial charge in [-0.15, -0.1) is 0 Å². The van der Waals surface area contributed by atoms with Crippen LogP contribution in [0.15, 0.2) is 78.6 Å². The maximum atomic E-state index is 14.0. The number of anilines is 2. The Bertz CT molecular complexity index is 1230. The van der Waals surface area contributed by atoms with Gasteiger partial charge < -0.3 is 9.80 Å². The van der Waals surface area contributed by atoms with Gasteiger partial charge in [0.25, 0.3) is 0 Å². The minimum absolute atomic E-state index is 0.00279. The second kappa shape index (κ2) is 11.0. The molecule has 3 aromatic carbocycles. The average molecular weight is 493 g/mol. The molecule has 0 saturated carbocycles. The van der Waals surface area contributed by atoms with Gasteiger partial charge in [-0.05, 0) is 45.9 Å². The van der Waals surface area contributed by atoms with Crippen molar-refractivity contribution in [1.82, 2.24) is 0 Å². The van der Waals surface area contributed by atoms with Crippen LogP contribution in [0, 0.1) is 6.67 Å². The highest BCUT2D eigenvalue weighted by Crippen LogP contribution is 2.44. The summed E-state index contributed by atoms with van der Waals surface area (Å²) in [6.45, 7) is 21.4. The van der Waals surface area contributed by atoms with Gasteiger partial charge >= 0.3 is 0 Å². The second-order valence-electron chi connectivity index (χ2n) is 11.2. The molecule has 192 valence electrons. The first kappa shape index (κ1) is 26.7. The topological polar surface area (TPSA) is 23.6 Å². The van der Waals surface area contributed by atoms with Crippen molar-refractivity contribution in [2.45, 2.75) is 79.1 Å². The van der Waals surface area contributed by atoms with Crippen LogP contribution in [0.4, 0.5) is 11.4 Å². The zero-order chi connectivity index (χ0) is 26.9. The highest BCUT2D eigenvalue weighted by Gasteiger charge is 2.35. The Hall–Kier alpha value is -3.33. The lowest BCUT2D eigenvalue weighted by Crippen LogP contribution is -2.27. The summed E-state index contributed by atoms with van der Waals surface area (Å²) >= 11 is 0. The number of hydrogen-bond acceptors (Lipinski definition) is 3. The number of carbonyl (C=O) groups is 1. The van der Waals surface area contributed by atoms with Crippen molar-refractivity contribution in [2.75, 3.05) is 9.80 Å². The van der Waals surface area contributed by atoms with Gasteiger partial charge in [-0.2, -0.15) is 0 Å². The molecule has 0 fully saturated rings. The van der Waals surface area contributed by atoms with Crippen molar-refractivity contribution in [1.29, 1.82) is 0 Å². The van der Waals surface area contributed by atoms with E-state index in [-0.39, 0.29) is 5.78 Å². The second-order valence-corrected chi connectivity index (χ2v) is 11.2. The summed E-state index contributed by atoms with van der Waals surface area (Å²) in [6.07, 6.45) is 1.99. The van der Waals surface area contributed by atoms with Gasteiger partial charge in [0, 0.05) is 11.8 Å². The molecule has 0 N–H and O–H groups in total. The van der Waals surface area contributed by atoms with Gasteiger partial charge in [-0.3, -0.25) is 4.79 Å². The van der Waals surface area contributed by atoms with Gasteiger partial charge in [-0.25, -0.2) is 0 Å². The van der Waals surface area contributed by atoms with E-state index in [2.05, 4.69) is 103 Å². The fraction of sp³-hybridized carbons (Fsp3) is 0.353. The Morgan fingerprint density at radius 1 is 0.595 bits per heavy atom. The summed E-state index contributed by atoms with van der Waals surface area (Å²) in [7, 11) is 0. The molecule has 0 bridgehead atoms. The Morgan fingerprint density at radius 3 is 1.46 bits per heavy atom. The summed E-state index contributed by atoms with van der Waals surface area (Å²) in [6, 6.07) is 22.6. The number of para-hydroxylation sites is 2. The van der Waals surface area contributed by atoms with Gasteiger partial charge in [0.2, 0.25) is 12.5 Å². The number of carbonyl (C=O) groups excluding carboxylic acids is 1. The first-order valence-corrected chi connectivity index (χ1v) is 13.5. The Kier molecular flexibility index (Phi) is 7.92. The van der Waals surface area contributed by atoms with Crippen LogP contribution in [-0.4, -0.2) is 5.78 Å². The third kappa shape index (κ3) is 5.23. The molecule has 1 heterocycles. The number of nitrogens with zero attached hydrogens (tertiary/aromatic N) is 2. The summed E-state index contributed by atoms with van der Waals surface area (Å²) in [5.41, 5.74) is 8.43. The van der Waals surface area contributed by atoms with E-state index in [0.29, 0.717) is 34.9 Å². The predicted octanol–water partition coefficient (Wildman–Crippen LogP) is 9.23. The fourth-order valence-corrected chi connectivity index (χ4v) is 5.11. The number of ketones is 1. The highest BCUT2D eigenvalue weighted by atomic mass is 16.1. The molecule has 37 heavy (non-hydrogen) atoms. The largest absolute Gasteiger partial charge is 0.314 e. The van der Waals surface area contributed by atoms with E-state index < -0.39 is 0 Å². The summed E-state index contributed by atoms with van der Waals surface area (Å²) in [5.74, 6) is 1.26. The molecule has 3 aromatic rings. The van der Waals surface area contributed by atoms with Crippen LogP contribution in [0.1, 0.15) is 112 Å². The van der Waals surface area contributed by atoms with Crippen LogP contribution in [0.2, 0.25) is 0 Å². The zero-order valence-electron chi connectivity index (χ0n) is 23.5. The number of hydrogen-bond donors (Lipinski definition) is 0. The third-order valence-electron chi connectivity index (χ3n) is 7.12. The first-order chi connectivity index (χ1) is 17.6. The molecule has 0 saturated heterocycles. The lowest BCUT2D eigenvalue weighted by Gasteiger charge is -2.30. The smallest absolute Gasteiger partial charge is 0.218 e. The predicted molar refractivity (Wildman–Crippen MR) is 156 cm³/mol. The molecule has 0 unspecified atom stereocenters. The molecule has 1 aliphatic heterocycles. The Balaban J connectivity index is 1.96. The summed E-state index contributed by atoms with van der Waals surface area (Å²) in [5, 5.41) is 0. The van der Waals surface area contributed by atoms with E-state index >= 15 is 0 Å². The lowest BCUT2D eigenvalue weighted by molar-refractivity contribution is 0.103.